The van der Waals surface area contributed by atoms with E-state index in [0.29, 0.717) is 37.6 Å². The standard InChI is InChI=1S/C21H22N2O5/c24-19(15-5-2-1-3-6-15)17-18(16-7-4-12-28-16)23(21(26)20(17)25)9-8-22-10-13-27-14-11-22/h1-7,12,18,24H,8-11,13-14H2. The molecule has 0 spiro atoms. The van der Waals surface area contributed by atoms with Gasteiger partial charge in [0.1, 0.15) is 17.6 Å². The smallest absolute Gasteiger partial charge is 0.295 e. The van der Waals surface area contributed by atoms with Crippen molar-refractivity contribution in [2.45, 2.75) is 6.04 Å². The minimum absolute atomic E-state index is 0.0631. The van der Waals surface area contributed by atoms with Crippen molar-refractivity contribution in [2.24, 2.45) is 0 Å². The summed E-state index contributed by atoms with van der Waals surface area (Å²) in [6.45, 7) is 3.89. The predicted molar refractivity (Wildman–Crippen MR) is 101 cm³/mol. The molecule has 1 amide bonds. The molecule has 146 valence electrons. The van der Waals surface area contributed by atoms with Gasteiger partial charge in [-0.05, 0) is 12.1 Å². The molecular weight excluding hydrogens is 360 g/mol. The molecule has 2 aliphatic heterocycles. The van der Waals surface area contributed by atoms with E-state index in [1.807, 2.05) is 6.07 Å². The Morgan fingerprint density at radius 1 is 1.04 bits per heavy atom. The van der Waals surface area contributed by atoms with Crippen molar-refractivity contribution in [1.82, 2.24) is 9.80 Å². The molecule has 3 heterocycles. The Morgan fingerprint density at radius 3 is 2.46 bits per heavy atom. The molecule has 0 saturated carbocycles. The Morgan fingerprint density at radius 2 is 1.79 bits per heavy atom. The molecule has 1 aromatic carbocycles. The van der Waals surface area contributed by atoms with Crippen LogP contribution in [0.15, 0.2) is 58.7 Å². The molecule has 2 aromatic rings. The molecule has 2 saturated heterocycles. The van der Waals surface area contributed by atoms with Crippen LogP contribution in [0.25, 0.3) is 5.76 Å². The first kappa shape index (κ1) is 18.5. The summed E-state index contributed by atoms with van der Waals surface area (Å²) in [6.07, 6.45) is 1.50. The van der Waals surface area contributed by atoms with Gasteiger partial charge in [0.15, 0.2) is 0 Å². The van der Waals surface area contributed by atoms with Crippen molar-refractivity contribution >= 4 is 17.4 Å². The molecule has 0 bridgehead atoms. The predicted octanol–water partition coefficient (Wildman–Crippen LogP) is 2.03. The van der Waals surface area contributed by atoms with Gasteiger partial charge in [0.25, 0.3) is 11.7 Å². The quantitative estimate of drug-likeness (QED) is 0.484. The second-order valence-electron chi connectivity index (χ2n) is 6.83. The van der Waals surface area contributed by atoms with Crippen molar-refractivity contribution in [3.63, 3.8) is 0 Å². The minimum Gasteiger partial charge on any atom is -0.507 e. The number of aliphatic hydroxyl groups is 1. The highest BCUT2D eigenvalue weighted by Crippen LogP contribution is 2.39. The second-order valence-corrected chi connectivity index (χ2v) is 6.83. The first-order valence-electron chi connectivity index (χ1n) is 9.34. The number of ketones is 1. The Balaban J connectivity index is 1.68. The molecule has 1 unspecified atom stereocenters. The van der Waals surface area contributed by atoms with Gasteiger partial charge in [-0.2, -0.15) is 0 Å². The number of morpholine rings is 1. The largest absolute Gasteiger partial charge is 0.507 e. The number of nitrogens with zero attached hydrogens (tertiary/aromatic N) is 2. The summed E-state index contributed by atoms with van der Waals surface area (Å²) in [5, 5.41) is 10.8. The number of hydrogen-bond acceptors (Lipinski definition) is 6. The maximum atomic E-state index is 12.8. The van der Waals surface area contributed by atoms with Crippen LogP contribution < -0.4 is 0 Å². The van der Waals surface area contributed by atoms with E-state index < -0.39 is 17.7 Å². The zero-order chi connectivity index (χ0) is 19.5. The number of amides is 1. The van der Waals surface area contributed by atoms with Gasteiger partial charge >= 0.3 is 0 Å². The molecule has 28 heavy (non-hydrogen) atoms. The van der Waals surface area contributed by atoms with Crippen LogP contribution in [0.3, 0.4) is 0 Å². The highest BCUT2D eigenvalue weighted by atomic mass is 16.5. The number of carbonyl (C=O) groups is 2. The van der Waals surface area contributed by atoms with E-state index in [4.69, 9.17) is 9.15 Å². The zero-order valence-corrected chi connectivity index (χ0v) is 15.4. The van der Waals surface area contributed by atoms with Crippen LogP contribution >= 0.6 is 0 Å². The third kappa shape index (κ3) is 3.46. The molecule has 1 aromatic heterocycles. The average molecular weight is 382 g/mol. The molecule has 1 atom stereocenters. The second kappa shape index (κ2) is 8.00. The van der Waals surface area contributed by atoms with Crippen LogP contribution in [-0.2, 0) is 14.3 Å². The highest BCUT2D eigenvalue weighted by Gasteiger charge is 2.47. The van der Waals surface area contributed by atoms with Crippen LogP contribution in [0.4, 0.5) is 0 Å². The fraction of sp³-hybridized carbons (Fsp3) is 0.333. The lowest BCUT2D eigenvalue weighted by atomic mass is 9.99. The summed E-state index contributed by atoms with van der Waals surface area (Å²) >= 11 is 0. The third-order valence-corrected chi connectivity index (χ3v) is 5.16. The number of carbonyl (C=O) groups excluding carboxylic acids is 2. The number of benzene rings is 1. The summed E-state index contributed by atoms with van der Waals surface area (Å²) in [5.41, 5.74) is 0.554. The Hall–Kier alpha value is -2.90. The van der Waals surface area contributed by atoms with Crippen LogP contribution in [0.1, 0.15) is 17.4 Å². The van der Waals surface area contributed by atoms with E-state index in [1.165, 1.54) is 11.2 Å². The van der Waals surface area contributed by atoms with Crippen LogP contribution in [0.5, 0.6) is 0 Å². The van der Waals surface area contributed by atoms with E-state index in [1.54, 1.807) is 36.4 Å². The monoisotopic (exact) mass is 382 g/mol. The maximum absolute atomic E-state index is 12.8. The van der Waals surface area contributed by atoms with Crippen molar-refractivity contribution in [3.8, 4) is 0 Å². The van der Waals surface area contributed by atoms with E-state index >= 15 is 0 Å². The van der Waals surface area contributed by atoms with Gasteiger partial charge in [-0.25, -0.2) is 0 Å². The first-order chi connectivity index (χ1) is 13.7. The molecule has 2 fully saturated rings. The summed E-state index contributed by atoms with van der Waals surface area (Å²) in [7, 11) is 0. The first-order valence-corrected chi connectivity index (χ1v) is 9.34. The Kier molecular flexibility index (Phi) is 5.27. The lowest BCUT2D eigenvalue weighted by Crippen LogP contribution is -2.42. The fourth-order valence-corrected chi connectivity index (χ4v) is 3.68. The Bertz CT molecular complexity index is 869. The van der Waals surface area contributed by atoms with Gasteiger partial charge < -0.3 is 19.2 Å². The van der Waals surface area contributed by atoms with Gasteiger partial charge in [0.05, 0.1) is 25.1 Å². The summed E-state index contributed by atoms with van der Waals surface area (Å²) in [5.74, 6) is -1.04. The fourth-order valence-electron chi connectivity index (χ4n) is 3.68. The van der Waals surface area contributed by atoms with Crippen molar-refractivity contribution in [1.29, 1.82) is 0 Å². The van der Waals surface area contributed by atoms with Gasteiger partial charge in [-0.15, -0.1) is 0 Å². The van der Waals surface area contributed by atoms with Crippen LogP contribution in [-0.4, -0.2) is 66.0 Å². The van der Waals surface area contributed by atoms with Crippen LogP contribution in [0, 0.1) is 0 Å². The maximum Gasteiger partial charge on any atom is 0.295 e. The number of hydrogen-bond donors (Lipinski definition) is 1. The highest BCUT2D eigenvalue weighted by molar-refractivity contribution is 6.46. The number of rotatable bonds is 5. The molecule has 7 heteroatoms. The van der Waals surface area contributed by atoms with Gasteiger partial charge in [-0.3, -0.25) is 14.5 Å². The molecule has 0 aliphatic carbocycles. The topological polar surface area (TPSA) is 83.2 Å². The summed E-state index contributed by atoms with van der Waals surface area (Å²) < 4.78 is 10.9. The number of Topliss-reactive ketones (excluding diaryl/α,β-unsaturated/α-hetero) is 1. The number of aliphatic hydroxyl groups excluding tert-OH is 1. The normalized spacial score (nSPS) is 22.7. The lowest BCUT2D eigenvalue weighted by molar-refractivity contribution is -0.140. The minimum atomic E-state index is -0.740. The van der Waals surface area contributed by atoms with Crippen molar-refractivity contribution in [3.05, 3.63) is 65.6 Å². The number of likely N-dealkylation sites (tertiary alicyclic amines) is 1. The lowest BCUT2D eigenvalue weighted by Gasteiger charge is -2.30. The van der Waals surface area contributed by atoms with Gasteiger partial charge in [0.2, 0.25) is 0 Å². The van der Waals surface area contributed by atoms with Crippen LogP contribution in [0.2, 0.25) is 0 Å². The molecular formula is C21H22N2O5. The Labute approximate surface area is 162 Å². The zero-order valence-electron chi connectivity index (χ0n) is 15.4. The molecule has 0 radical (unpaired) electrons. The number of furan rings is 1. The van der Waals surface area contributed by atoms with E-state index in [-0.39, 0.29) is 11.3 Å². The van der Waals surface area contributed by atoms with Crippen molar-refractivity contribution < 1.29 is 23.8 Å². The van der Waals surface area contributed by atoms with E-state index in [0.717, 1.165) is 13.1 Å². The molecule has 2 aliphatic rings. The molecule has 7 nitrogen and oxygen atoms in total. The molecule has 4 rings (SSSR count). The molecule has 1 N–H and O–H groups in total. The van der Waals surface area contributed by atoms with Crippen molar-refractivity contribution in [2.75, 3.05) is 39.4 Å². The summed E-state index contributed by atoms with van der Waals surface area (Å²) in [4.78, 5) is 29.3. The van der Waals surface area contributed by atoms with E-state index in [2.05, 4.69) is 4.90 Å². The van der Waals surface area contributed by atoms with Gasteiger partial charge in [0, 0.05) is 31.7 Å². The average Bonchev–Trinajstić information content (AvgIpc) is 3.35. The SMILES string of the molecule is O=C1C(=O)N(CCN2CCOCC2)C(c2ccco2)C1=C(O)c1ccccc1. The third-order valence-electron chi connectivity index (χ3n) is 5.16. The van der Waals surface area contributed by atoms with E-state index in [9.17, 15) is 14.7 Å². The van der Waals surface area contributed by atoms with Gasteiger partial charge in [-0.1, -0.05) is 30.3 Å². The number of ether oxygens (including phenoxy) is 1. The summed E-state index contributed by atoms with van der Waals surface area (Å²) in [6, 6.07) is 11.5.